The summed E-state index contributed by atoms with van der Waals surface area (Å²) in [5, 5.41) is 0. The number of carbonyl (C=O) groups is 1. The molecule has 0 saturated heterocycles. The van der Waals surface area contributed by atoms with Gasteiger partial charge in [-0.1, -0.05) is 0 Å². The summed E-state index contributed by atoms with van der Waals surface area (Å²) in [6.45, 7) is 1.92. The Bertz CT molecular complexity index is 613. The van der Waals surface area contributed by atoms with E-state index in [0.717, 1.165) is 11.3 Å². The smallest absolute Gasteiger partial charge is 0.240 e. The van der Waals surface area contributed by atoms with Crippen molar-refractivity contribution in [2.45, 2.75) is 24.3 Å². The predicted molar refractivity (Wildman–Crippen MR) is 72.4 cm³/mol. The topological polar surface area (TPSA) is 92.5 Å². The zero-order chi connectivity index (χ0) is 14.2. The number of nitrogens with one attached hydrogen (secondary N) is 1. The number of nitrogens with two attached hydrogens (primary N) is 1. The van der Waals surface area contributed by atoms with Crippen LogP contribution in [0.4, 0.5) is 5.69 Å². The lowest BCUT2D eigenvalue weighted by Crippen LogP contribution is -2.37. The van der Waals surface area contributed by atoms with Crippen LogP contribution in [0, 0.1) is 0 Å². The molecular weight excluding hydrogens is 266 g/mol. The van der Waals surface area contributed by atoms with Crippen LogP contribution in [0.2, 0.25) is 0 Å². The highest BCUT2D eigenvalue weighted by molar-refractivity contribution is 7.89. The molecule has 1 unspecified atom stereocenters. The van der Waals surface area contributed by atoms with Crippen LogP contribution in [0.3, 0.4) is 0 Å². The Morgan fingerprint density at radius 2 is 2.16 bits per heavy atom. The maximum absolute atomic E-state index is 12.1. The van der Waals surface area contributed by atoms with Crippen molar-refractivity contribution in [3.05, 3.63) is 23.8 Å². The SMILES string of the molecule is CC(CN)NS(=O)(=O)c1ccc2c(c1)CC(=O)N2C. The van der Waals surface area contributed by atoms with Crippen LogP contribution in [0.25, 0.3) is 0 Å². The van der Waals surface area contributed by atoms with E-state index in [9.17, 15) is 13.2 Å². The van der Waals surface area contributed by atoms with Crippen LogP contribution < -0.4 is 15.4 Å². The molecule has 1 amide bonds. The van der Waals surface area contributed by atoms with Gasteiger partial charge in [-0.3, -0.25) is 4.79 Å². The van der Waals surface area contributed by atoms with Gasteiger partial charge in [-0.15, -0.1) is 0 Å². The fraction of sp³-hybridized carbons (Fsp3) is 0.417. The molecule has 1 aromatic carbocycles. The first-order valence-electron chi connectivity index (χ1n) is 5.97. The van der Waals surface area contributed by atoms with Gasteiger partial charge in [0.2, 0.25) is 15.9 Å². The summed E-state index contributed by atoms with van der Waals surface area (Å²) < 4.78 is 26.7. The molecule has 0 bridgehead atoms. The van der Waals surface area contributed by atoms with Crippen LogP contribution in [-0.2, 0) is 21.2 Å². The van der Waals surface area contributed by atoms with Crippen molar-refractivity contribution >= 4 is 21.6 Å². The standard InChI is InChI=1S/C12H17N3O3S/c1-8(7-13)14-19(17,18)10-3-4-11-9(5-10)6-12(16)15(11)2/h3-5,8,14H,6-7,13H2,1-2H3. The summed E-state index contributed by atoms with van der Waals surface area (Å²) in [4.78, 5) is 13.3. The van der Waals surface area contributed by atoms with E-state index in [0.29, 0.717) is 0 Å². The van der Waals surface area contributed by atoms with Gasteiger partial charge < -0.3 is 10.6 Å². The number of sulfonamides is 1. The summed E-state index contributed by atoms with van der Waals surface area (Å²) in [6, 6.07) is 4.37. The Kier molecular flexibility index (Phi) is 3.62. The van der Waals surface area contributed by atoms with Crippen LogP contribution in [0.1, 0.15) is 12.5 Å². The van der Waals surface area contributed by atoms with E-state index >= 15 is 0 Å². The minimum atomic E-state index is -3.59. The van der Waals surface area contributed by atoms with Gasteiger partial charge in [-0.05, 0) is 30.7 Å². The molecule has 0 fully saturated rings. The van der Waals surface area contributed by atoms with Gasteiger partial charge in [-0.2, -0.15) is 0 Å². The van der Waals surface area contributed by atoms with Gasteiger partial charge >= 0.3 is 0 Å². The summed E-state index contributed by atoms with van der Waals surface area (Å²) in [5.74, 6) is -0.0344. The highest BCUT2D eigenvalue weighted by atomic mass is 32.2. The number of amides is 1. The minimum absolute atomic E-state index is 0.0344. The Hall–Kier alpha value is -1.44. The molecule has 1 aliphatic heterocycles. The number of nitrogens with zero attached hydrogens (tertiary/aromatic N) is 1. The zero-order valence-electron chi connectivity index (χ0n) is 10.9. The van der Waals surface area contributed by atoms with E-state index in [2.05, 4.69) is 4.72 Å². The van der Waals surface area contributed by atoms with Crippen molar-refractivity contribution in [3.8, 4) is 0 Å². The van der Waals surface area contributed by atoms with Gasteiger partial charge in [0.15, 0.2) is 0 Å². The number of benzene rings is 1. The first-order chi connectivity index (χ1) is 8.85. The number of carbonyl (C=O) groups excluding carboxylic acids is 1. The van der Waals surface area contributed by atoms with Gasteiger partial charge in [0, 0.05) is 25.3 Å². The van der Waals surface area contributed by atoms with Crippen molar-refractivity contribution in [1.29, 1.82) is 0 Å². The molecule has 1 aromatic rings. The third-order valence-electron chi connectivity index (χ3n) is 3.15. The number of anilines is 1. The zero-order valence-corrected chi connectivity index (χ0v) is 11.7. The molecule has 19 heavy (non-hydrogen) atoms. The van der Waals surface area contributed by atoms with Crippen molar-refractivity contribution < 1.29 is 13.2 Å². The third kappa shape index (κ3) is 2.63. The summed E-state index contributed by atoms with van der Waals surface area (Å²) in [5.41, 5.74) is 6.90. The molecule has 1 aliphatic rings. The lowest BCUT2D eigenvalue weighted by molar-refractivity contribution is -0.117. The van der Waals surface area contributed by atoms with Crippen molar-refractivity contribution in [2.24, 2.45) is 5.73 Å². The van der Waals surface area contributed by atoms with Crippen LogP contribution in [0.15, 0.2) is 23.1 Å². The average molecular weight is 283 g/mol. The van der Waals surface area contributed by atoms with Crippen molar-refractivity contribution in [2.75, 3.05) is 18.5 Å². The van der Waals surface area contributed by atoms with Crippen LogP contribution in [0.5, 0.6) is 0 Å². The first-order valence-corrected chi connectivity index (χ1v) is 7.45. The molecule has 0 spiro atoms. The van der Waals surface area contributed by atoms with Crippen LogP contribution in [-0.4, -0.2) is 34.0 Å². The fourth-order valence-corrected chi connectivity index (χ4v) is 3.30. The largest absolute Gasteiger partial charge is 0.329 e. The van der Waals surface area contributed by atoms with E-state index in [-0.39, 0.29) is 29.8 Å². The molecule has 7 heteroatoms. The minimum Gasteiger partial charge on any atom is -0.329 e. The van der Waals surface area contributed by atoms with Gasteiger partial charge in [0.25, 0.3) is 0 Å². The van der Waals surface area contributed by atoms with Gasteiger partial charge in [0.05, 0.1) is 11.3 Å². The molecule has 0 radical (unpaired) electrons. The lowest BCUT2D eigenvalue weighted by Gasteiger charge is -2.13. The second-order valence-corrected chi connectivity index (χ2v) is 6.39. The number of rotatable bonds is 4. The number of likely N-dealkylation sites (N-methyl/N-ethyl adjacent to an activating group) is 1. The number of fused-ring (bicyclic) bond motifs is 1. The number of hydrogen-bond acceptors (Lipinski definition) is 4. The average Bonchev–Trinajstić information content (AvgIpc) is 2.64. The molecule has 2 rings (SSSR count). The predicted octanol–water partition coefficient (Wildman–Crippen LogP) is -0.169. The second-order valence-electron chi connectivity index (χ2n) is 4.68. The maximum atomic E-state index is 12.1. The van der Waals surface area contributed by atoms with E-state index < -0.39 is 10.0 Å². The Morgan fingerprint density at radius 1 is 1.47 bits per heavy atom. The molecule has 3 N–H and O–H groups in total. The Balaban J connectivity index is 2.34. The van der Waals surface area contributed by atoms with E-state index in [1.807, 2.05) is 0 Å². The van der Waals surface area contributed by atoms with E-state index in [4.69, 9.17) is 5.73 Å². The molecule has 104 valence electrons. The first kappa shape index (κ1) is 14.0. The molecule has 0 aliphatic carbocycles. The fourth-order valence-electron chi connectivity index (χ4n) is 1.99. The van der Waals surface area contributed by atoms with E-state index in [1.54, 1.807) is 26.1 Å². The molecule has 6 nitrogen and oxygen atoms in total. The second kappa shape index (κ2) is 4.92. The quantitative estimate of drug-likeness (QED) is 0.802. The van der Waals surface area contributed by atoms with Crippen LogP contribution >= 0.6 is 0 Å². The maximum Gasteiger partial charge on any atom is 0.240 e. The summed E-state index contributed by atoms with van der Waals surface area (Å²) in [6.07, 6.45) is 0.238. The van der Waals surface area contributed by atoms with Crippen molar-refractivity contribution in [1.82, 2.24) is 4.72 Å². The van der Waals surface area contributed by atoms with E-state index in [1.165, 1.54) is 11.0 Å². The third-order valence-corrected chi connectivity index (χ3v) is 4.74. The molecule has 1 atom stereocenters. The summed E-state index contributed by atoms with van der Waals surface area (Å²) >= 11 is 0. The van der Waals surface area contributed by atoms with Gasteiger partial charge in [0.1, 0.15) is 0 Å². The normalized spacial score (nSPS) is 16.6. The Morgan fingerprint density at radius 3 is 2.79 bits per heavy atom. The Labute approximate surface area is 112 Å². The van der Waals surface area contributed by atoms with Gasteiger partial charge in [-0.25, -0.2) is 13.1 Å². The molecule has 0 saturated carbocycles. The highest BCUT2D eigenvalue weighted by Crippen LogP contribution is 2.29. The molecular formula is C12H17N3O3S. The monoisotopic (exact) mass is 283 g/mol. The summed E-state index contributed by atoms with van der Waals surface area (Å²) in [7, 11) is -1.91. The van der Waals surface area contributed by atoms with Crippen molar-refractivity contribution in [3.63, 3.8) is 0 Å². The molecule has 0 aromatic heterocycles. The highest BCUT2D eigenvalue weighted by Gasteiger charge is 2.26. The molecule has 1 heterocycles. The number of hydrogen-bond donors (Lipinski definition) is 2. The lowest BCUT2D eigenvalue weighted by atomic mass is 10.2.